The highest BCUT2D eigenvalue weighted by atomic mass is 19.4. The molecule has 2 N–H and O–H groups in total. The summed E-state index contributed by atoms with van der Waals surface area (Å²) in [6.45, 7) is 5.05. The molecule has 0 saturated carbocycles. The van der Waals surface area contributed by atoms with Gasteiger partial charge in [-0.2, -0.15) is 13.2 Å². The van der Waals surface area contributed by atoms with Gasteiger partial charge in [0.2, 0.25) is 0 Å². The molecule has 0 saturated heterocycles. The third kappa shape index (κ3) is 4.55. The van der Waals surface area contributed by atoms with Crippen LogP contribution in [-0.4, -0.2) is 11.6 Å². The summed E-state index contributed by atoms with van der Waals surface area (Å²) in [5.41, 5.74) is 4.45. The molecule has 106 valence electrons. The van der Waals surface area contributed by atoms with Gasteiger partial charge in [-0.25, -0.2) is 4.79 Å². The number of rotatable bonds is 2. The molecule has 1 aromatic carbocycles. The van der Waals surface area contributed by atoms with Crippen molar-refractivity contribution in [1.82, 2.24) is 0 Å². The lowest BCUT2D eigenvalue weighted by Crippen LogP contribution is -2.31. The number of halogens is 3. The quantitative estimate of drug-likeness (QED) is 0.844. The Kier molecular flexibility index (Phi) is 4.25. The second-order valence-electron chi connectivity index (χ2n) is 5.13. The number of nitrogens with two attached hydrogens (primary N) is 1. The van der Waals surface area contributed by atoms with E-state index in [0.29, 0.717) is 0 Å². The molecule has 0 amide bonds. The van der Waals surface area contributed by atoms with Gasteiger partial charge in [0.15, 0.2) is 0 Å². The molecule has 1 aromatic rings. The van der Waals surface area contributed by atoms with Crippen molar-refractivity contribution in [3.05, 3.63) is 35.4 Å². The van der Waals surface area contributed by atoms with E-state index in [4.69, 9.17) is 10.5 Å². The third-order valence-corrected chi connectivity index (χ3v) is 2.26. The topological polar surface area (TPSA) is 52.3 Å². The van der Waals surface area contributed by atoms with E-state index in [9.17, 15) is 18.0 Å². The first-order chi connectivity index (χ1) is 8.50. The number of carbonyl (C=O) groups is 1. The maximum Gasteiger partial charge on any atom is 0.416 e. The number of esters is 1. The van der Waals surface area contributed by atoms with Crippen molar-refractivity contribution < 1.29 is 22.7 Å². The highest BCUT2D eigenvalue weighted by Crippen LogP contribution is 2.30. The standard InChI is InChI=1S/C13H16F3NO2/c1-12(2,3)19-11(18)10(17)8-4-6-9(7-5-8)13(14,15)16/h4-7,10H,17H2,1-3H3. The van der Waals surface area contributed by atoms with Crippen LogP contribution >= 0.6 is 0 Å². The highest BCUT2D eigenvalue weighted by molar-refractivity contribution is 5.77. The fourth-order valence-electron chi connectivity index (χ4n) is 1.38. The molecule has 1 rings (SSSR count). The zero-order valence-electron chi connectivity index (χ0n) is 10.9. The Balaban J connectivity index is 2.84. The number of hydrogen-bond donors (Lipinski definition) is 1. The van der Waals surface area contributed by atoms with Crippen LogP contribution in [0.3, 0.4) is 0 Å². The van der Waals surface area contributed by atoms with E-state index in [2.05, 4.69) is 0 Å². The number of ether oxygens (including phenoxy) is 1. The summed E-state index contributed by atoms with van der Waals surface area (Å²) in [4.78, 5) is 11.7. The average molecular weight is 275 g/mol. The van der Waals surface area contributed by atoms with Crippen LogP contribution < -0.4 is 5.73 Å². The fourth-order valence-corrected chi connectivity index (χ4v) is 1.38. The van der Waals surface area contributed by atoms with E-state index in [0.717, 1.165) is 12.1 Å². The van der Waals surface area contributed by atoms with Crippen LogP contribution in [0.25, 0.3) is 0 Å². The van der Waals surface area contributed by atoms with E-state index in [1.807, 2.05) is 0 Å². The van der Waals surface area contributed by atoms with Gasteiger partial charge in [-0.1, -0.05) is 12.1 Å². The molecule has 0 aromatic heterocycles. The van der Waals surface area contributed by atoms with Gasteiger partial charge in [0.05, 0.1) is 5.56 Å². The summed E-state index contributed by atoms with van der Waals surface area (Å²) in [5.74, 6) is -0.674. The van der Waals surface area contributed by atoms with Crippen LogP contribution in [0, 0.1) is 0 Å². The van der Waals surface area contributed by atoms with Crippen molar-refractivity contribution in [1.29, 1.82) is 0 Å². The van der Waals surface area contributed by atoms with Crippen LogP contribution in [0.5, 0.6) is 0 Å². The number of benzene rings is 1. The summed E-state index contributed by atoms with van der Waals surface area (Å²) in [7, 11) is 0. The van der Waals surface area contributed by atoms with Gasteiger partial charge in [0.1, 0.15) is 11.6 Å². The minimum Gasteiger partial charge on any atom is -0.459 e. The van der Waals surface area contributed by atoms with Crippen molar-refractivity contribution in [3.63, 3.8) is 0 Å². The second-order valence-corrected chi connectivity index (χ2v) is 5.13. The highest BCUT2D eigenvalue weighted by Gasteiger charge is 2.31. The third-order valence-electron chi connectivity index (χ3n) is 2.26. The van der Waals surface area contributed by atoms with Crippen LogP contribution in [0.2, 0.25) is 0 Å². The van der Waals surface area contributed by atoms with Crippen LogP contribution in [-0.2, 0) is 15.7 Å². The largest absolute Gasteiger partial charge is 0.459 e. The Hall–Kier alpha value is -1.56. The minimum atomic E-state index is -4.41. The molecular formula is C13H16F3NO2. The van der Waals surface area contributed by atoms with Gasteiger partial charge >= 0.3 is 12.1 Å². The Morgan fingerprint density at radius 2 is 1.63 bits per heavy atom. The Morgan fingerprint density at radius 1 is 1.16 bits per heavy atom. The maximum atomic E-state index is 12.4. The normalized spacial score (nSPS) is 14.1. The Morgan fingerprint density at radius 3 is 2.00 bits per heavy atom. The zero-order valence-corrected chi connectivity index (χ0v) is 10.9. The van der Waals surface area contributed by atoms with Gasteiger partial charge in [0, 0.05) is 0 Å². The molecule has 0 aliphatic carbocycles. The first kappa shape index (κ1) is 15.5. The summed E-state index contributed by atoms with van der Waals surface area (Å²) in [5, 5.41) is 0. The van der Waals surface area contributed by atoms with Crippen molar-refractivity contribution in [2.24, 2.45) is 5.73 Å². The first-order valence-corrected chi connectivity index (χ1v) is 5.66. The van der Waals surface area contributed by atoms with Gasteiger partial charge in [-0.15, -0.1) is 0 Å². The molecule has 0 bridgehead atoms. The molecule has 3 nitrogen and oxygen atoms in total. The SMILES string of the molecule is CC(C)(C)OC(=O)C(N)c1ccc(C(F)(F)F)cc1. The predicted molar refractivity (Wildman–Crippen MR) is 64.2 cm³/mol. The minimum absolute atomic E-state index is 0.280. The zero-order chi connectivity index (χ0) is 14.8. The Bertz CT molecular complexity index is 446. The van der Waals surface area contributed by atoms with Crippen molar-refractivity contribution in [3.8, 4) is 0 Å². The number of hydrogen-bond acceptors (Lipinski definition) is 3. The van der Waals surface area contributed by atoms with E-state index < -0.39 is 29.4 Å². The van der Waals surface area contributed by atoms with Gasteiger partial charge < -0.3 is 10.5 Å². The van der Waals surface area contributed by atoms with Crippen molar-refractivity contribution in [2.75, 3.05) is 0 Å². The molecular weight excluding hydrogens is 259 g/mol. The summed E-state index contributed by atoms with van der Waals surface area (Å²) in [6, 6.07) is 3.04. The molecule has 0 spiro atoms. The summed E-state index contributed by atoms with van der Waals surface area (Å²) in [6.07, 6.45) is -4.41. The summed E-state index contributed by atoms with van der Waals surface area (Å²) >= 11 is 0. The Labute approximate surface area is 109 Å². The maximum absolute atomic E-state index is 12.4. The molecule has 1 atom stereocenters. The van der Waals surface area contributed by atoms with Gasteiger partial charge in [0.25, 0.3) is 0 Å². The second kappa shape index (κ2) is 5.21. The van der Waals surface area contributed by atoms with Crippen LogP contribution in [0.1, 0.15) is 37.9 Å². The smallest absolute Gasteiger partial charge is 0.416 e. The molecule has 0 radical (unpaired) electrons. The van der Waals surface area contributed by atoms with Crippen molar-refractivity contribution in [2.45, 2.75) is 38.6 Å². The lowest BCUT2D eigenvalue weighted by Gasteiger charge is -2.22. The molecule has 0 aliphatic rings. The van der Waals surface area contributed by atoms with Gasteiger partial charge in [-0.05, 0) is 38.5 Å². The van der Waals surface area contributed by atoms with E-state index in [1.165, 1.54) is 12.1 Å². The van der Waals surface area contributed by atoms with Gasteiger partial charge in [-0.3, -0.25) is 0 Å². The van der Waals surface area contributed by atoms with Crippen LogP contribution in [0.15, 0.2) is 24.3 Å². The predicted octanol–water partition coefficient (Wildman–Crippen LogP) is 3.05. The molecule has 19 heavy (non-hydrogen) atoms. The van der Waals surface area contributed by atoms with E-state index >= 15 is 0 Å². The number of alkyl halides is 3. The fraction of sp³-hybridized carbons (Fsp3) is 0.462. The average Bonchev–Trinajstić information content (AvgIpc) is 2.24. The molecule has 6 heteroatoms. The molecule has 1 unspecified atom stereocenters. The molecule has 0 fully saturated rings. The molecule has 0 heterocycles. The van der Waals surface area contributed by atoms with E-state index in [1.54, 1.807) is 20.8 Å². The first-order valence-electron chi connectivity index (χ1n) is 5.66. The van der Waals surface area contributed by atoms with Crippen LogP contribution in [0.4, 0.5) is 13.2 Å². The van der Waals surface area contributed by atoms with E-state index in [-0.39, 0.29) is 5.56 Å². The molecule has 0 aliphatic heterocycles. The monoisotopic (exact) mass is 275 g/mol. The lowest BCUT2D eigenvalue weighted by molar-refractivity contribution is -0.156. The number of carbonyl (C=O) groups excluding carboxylic acids is 1. The lowest BCUT2D eigenvalue weighted by atomic mass is 10.0. The van der Waals surface area contributed by atoms with Crippen molar-refractivity contribution >= 4 is 5.97 Å². The summed E-state index contributed by atoms with van der Waals surface area (Å²) < 4.78 is 42.2.